The highest BCUT2D eigenvalue weighted by Crippen LogP contribution is 2.17. The smallest absolute Gasteiger partial charge is 0.254 e. The van der Waals surface area contributed by atoms with E-state index in [2.05, 4.69) is 49.7 Å². The van der Waals surface area contributed by atoms with Gasteiger partial charge in [0.15, 0.2) is 0 Å². The van der Waals surface area contributed by atoms with Gasteiger partial charge >= 0.3 is 0 Å². The molecule has 29 heavy (non-hydrogen) atoms. The maximum Gasteiger partial charge on any atom is 0.254 e. The van der Waals surface area contributed by atoms with E-state index in [0.717, 1.165) is 55.8 Å². The van der Waals surface area contributed by atoms with Gasteiger partial charge in [-0.3, -0.25) is 9.78 Å². The minimum absolute atomic E-state index is 0.0892. The van der Waals surface area contributed by atoms with Crippen LogP contribution in [0.15, 0.2) is 42.5 Å². The van der Waals surface area contributed by atoms with Gasteiger partial charge in [-0.25, -0.2) is 0 Å². The molecule has 1 amide bonds. The van der Waals surface area contributed by atoms with E-state index in [9.17, 15) is 4.79 Å². The number of amides is 1. The number of carbonyl (C=O) groups is 1. The van der Waals surface area contributed by atoms with E-state index < -0.39 is 0 Å². The minimum Gasteiger partial charge on any atom is -0.330 e. The Morgan fingerprint density at radius 3 is 2.31 bits per heavy atom. The Morgan fingerprint density at radius 1 is 1.03 bits per heavy atom. The number of carbonyl (C=O) groups excluding carboxylic acids is 1. The van der Waals surface area contributed by atoms with Gasteiger partial charge < -0.3 is 9.80 Å². The third kappa shape index (κ3) is 6.97. The monoisotopic (exact) mass is 395 g/mol. The van der Waals surface area contributed by atoms with E-state index >= 15 is 0 Å². The molecule has 4 heteroatoms. The molecule has 1 heterocycles. The van der Waals surface area contributed by atoms with Gasteiger partial charge in [-0.05, 0) is 82.6 Å². The highest BCUT2D eigenvalue weighted by molar-refractivity contribution is 5.94. The highest BCUT2D eigenvalue weighted by Gasteiger charge is 2.22. The normalized spacial score (nSPS) is 12.2. The van der Waals surface area contributed by atoms with Gasteiger partial charge in [0.05, 0.1) is 12.2 Å². The summed E-state index contributed by atoms with van der Waals surface area (Å²) in [5, 5.41) is 0. The Morgan fingerprint density at radius 2 is 1.72 bits per heavy atom. The summed E-state index contributed by atoms with van der Waals surface area (Å²) in [6.07, 6.45) is 3.05. The Balaban J connectivity index is 2.16. The van der Waals surface area contributed by atoms with Crippen LogP contribution in [0.4, 0.5) is 0 Å². The summed E-state index contributed by atoms with van der Waals surface area (Å²) < 4.78 is 0. The lowest BCUT2D eigenvalue weighted by Crippen LogP contribution is -2.39. The second-order valence-corrected chi connectivity index (χ2v) is 7.77. The zero-order valence-corrected chi connectivity index (χ0v) is 18.8. The molecular formula is C25H37N3O. The summed E-state index contributed by atoms with van der Waals surface area (Å²) in [4.78, 5) is 22.4. The van der Waals surface area contributed by atoms with Crippen LogP contribution in [0.5, 0.6) is 0 Å². The van der Waals surface area contributed by atoms with Crippen molar-refractivity contribution in [1.82, 2.24) is 14.8 Å². The third-order valence-electron chi connectivity index (χ3n) is 5.67. The zero-order chi connectivity index (χ0) is 21.2. The Kier molecular flexibility index (Phi) is 9.33. The van der Waals surface area contributed by atoms with Crippen LogP contribution in [0.3, 0.4) is 0 Å². The highest BCUT2D eigenvalue weighted by atomic mass is 16.2. The largest absolute Gasteiger partial charge is 0.330 e. The second kappa shape index (κ2) is 11.7. The molecule has 2 aromatic rings. The van der Waals surface area contributed by atoms with Crippen LogP contribution in [0.2, 0.25) is 0 Å². The third-order valence-corrected chi connectivity index (χ3v) is 5.67. The van der Waals surface area contributed by atoms with Crippen molar-refractivity contribution in [2.75, 3.05) is 19.6 Å². The number of hydrogen-bond donors (Lipinski definition) is 0. The molecule has 0 bridgehead atoms. The fourth-order valence-electron chi connectivity index (χ4n) is 3.64. The Bertz CT molecular complexity index is 753. The molecule has 4 nitrogen and oxygen atoms in total. The van der Waals surface area contributed by atoms with Crippen LogP contribution in [0.1, 0.15) is 67.8 Å². The zero-order valence-electron chi connectivity index (χ0n) is 18.8. The van der Waals surface area contributed by atoms with Gasteiger partial charge in [0.25, 0.3) is 5.91 Å². The maximum atomic E-state index is 13.4. The quantitative estimate of drug-likeness (QED) is 0.531. The number of rotatable bonds is 11. The van der Waals surface area contributed by atoms with Gasteiger partial charge in [0.2, 0.25) is 0 Å². The molecule has 0 aliphatic rings. The standard InChI is InChI=1S/C25H37N3O/c1-6-22-14-16-23(17-15-22)25(29)28(19-24-13-9-11-20(4)26-24)21(5)12-10-18-27(7-2)8-3/h9,11,13-17,21H,6-8,10,12,18-19H2,1-5H3. The van der Waals surface area contributed by atoms with Crippen LogP contribution >= 0.6 is 0 Å². The minimum atomic E-state index is 0.0892. The van der Waals surface area contributed by atoms with E-state index in [4.69, 9.17) is 0 Å². The molecule has 2 rings (SSSR count). The first-order valence-corrected chi connectivity index (χ1v) is 11.0. The van der Waals surface area contributed by atoms with Crippen molar-refractivity contribution < 1.29 is 4.79 Å². The van der Waals surface area contributed by atoms with Crippen molar-refractivity contribution in [2.24, 2.45) is 0 Å². The van der Waals surface area contributed by atoms with Crippen molar-refractivity contribution in [3.8, 4) is 0 Å². The van der Waals surface area contributed by atoms with E-state index in [1.165, 1.54) is 5.56 Å². The molecule has 0 saturated heterocycles. The number of nitrogens with zero attached hydrogens (tertiary/aromatic N) is 3. The molecule has 0 spiro atoms. The average molecular weight is 396 g/mol. The number of aromatic nitrogens is 1. The summed E-state index contributed by atoms with van der Waals surface area (Å²) in [6, 6.07) is 14.2. The van der Waals surface area contributed by atoms with Crippen molar-refractivity contribution >= 4 is 5.91 Å². The molecule has 0 radical (unpaired) electrons. The number of hydrogen-bond acceptors (Lipinski definition) is 3. The van der Waals surface area contributed by atoms with E-state index in [1.54, 1.807) is 0 Å². The lowest BCUT2D eigenvalue weighted by Gasteiger charge is -2.30. The summed E-state index contributed by atoms with van der Waals surface area (Å²) in [6.45, 7) is 14.5. The Labute approximate surface area is 176 Å². The molecule has 0 aliphatic heterocycles. The van der Waals surface area contributed by atoms with Crippen molar-refractivity contribution in [3.05, 3.63) is 65.0 Å². The molecule has 1 aromatic carbocycles. The van der Waals surface area contributed by atoms with Crippen molar-refractivity contribution in [2.45, 2.75) is 66.5 Å². The molecule has 0 fully saturated rings. The first-order valence-electron chi connectivity index (χ1n) is 11.0. The fraction of sp³-hybridized carbons (Fsp3) is 0.520. The lowest BCUT2D eigenvalue weighted by molar-refractivity contribution is 0.0659. The van der Waals surface area contributed by atoms with Crippen molar-refractivity contribution in [1.29, 1.82) is 0 Å². The van der Waals surface area contributed by atoms with Gasteiger partial charge in [0, 0.05) is 17.3 Å². The maximum absolute atomic E-state index is 13.4. The summed E-state index contributed by atoms with van der Waals surface area (Å²) in [5.41, 5.74) is 3.93. The predicted octanol–water partition coefficient (Wildman–Crippen LogP) is 5.11. The number of pyridine rings is 1. The first kappa shape index (κ1) is 23.1. The van der Waals surface area contributed by atoms with E-state index in [1.807, 2.05) is 42.2 Å². The number of benzene rings is 1. The molecule has 0 saturated carbocycles. The molecule has 158 valence electrons. The van der Waals surface area contributed by atoms with Crippen LogP contribution in [-0.4, -0.2) is 46.4 Å². The van der Waals surface area contributed by atoms with Crippen LogP contribution in [0.25, 0.3) is 0 Å². The van der Waals surface area contributed by atoms with Crippen LogP contribution < -0.4 is 0 Å². The van der Waals surface area contributed by atoms with Gasteiger partial charge in [-0.15, -0.1) is 0 Å². The fourth-order valence-corrected chi connectivity index (χ4v) is 3.64. The van der Waals surface area contributed by atoms with Crippen molar-refractivity contribution in [3.63, 3.8) is 0 Å². The topological polar surface area (TPSA) is 36.4 Å². The molecule has 1 atom stereocenters. The van der Waals surface area contributed by atoms with Gasteiger partial charge in [-0.1, -0.05) is 39.0 Å². The molecule has 1 aromatic heterocycles. The predicted molar refractivity (Wildman–Crippen MR) is 121 cm³/mol. The van der Waals surface area contributed by atoms with E-state index in [0.29, 0.717) is 6.54 Å². The van der Waals surface area contributed by atoms with E-state index in [-0.39, 0.29) is 11.9 Å². The average Bonchev–Trinajstić information content (AvgIpc) is 2.74. The lowest BCUT2D eigenvalue weighted by atomic mass is 10.1. The second-order valence-electron chi connectivity index (χ2n) is 7.77. The van der Waals surface area contributed by atoms with Gasteiger partial charge in [0.1, 0.15) is 0 Å². The molecular weight excluding hydrogens is 358 g/mol. The summed E-state index contributed by atoms with van der Waals surface area (Å²) >= 11 is 0. The number of aryl methyl sites for hydroxylation is 2. The van der Waals surface area contributed by atoms with Crippen LogP contribution in [0, 0.1) is 6.92 Å². The molecule has 1 unspecified atom stereocenters. The molecule has 0 aliphatic carbocycles. The summed E-state index contributed by atoms with van der Waals surface area (Å²) in [5.74, 6) is 0.0892. The SMILES string of the molecule is CCc1ccc(C(=O)N(Cc2cccc(C)n2)C(C)CCCN(CC)CC)cc1. The van der Waals surface area contributed by atoms with Crippen LogP contribution in [-0.2, 0) is 13.0 Å². The first-order chi connectivity index (χ1) is 14.0. The Hall–Kier alpha value is -2.20. The van der Waals surface area contributed by atoms with Gasteiger partial charge in [-0.2, -0.15) is 0 Å². The summed E-state index contributed by atoms with van der Waals surface area (Å²) in [7, 11) is 0. The molecule has 0 N–H and O–H groups in total.